The average molecular weight is 325 g/mol. The molecule has 2 saturated heterocycles. The molecular weight excluding hydrogens is 305 g/mol. The van der Waals surface area contributed by atoms with Crippen LogP contribution in [0.25, 0.3) is 0 Å². The van der Waals surface area contributed by atoms with E-state index in [1.165, 1.54) is 12.1 Å². The van der Waals surface area contributed by atoms with Crippen molar-refractivity contribution >= 4 is 18.9 Å². The van der Waals surface area contributed by atoms with Crippen molar-refractivity contribution in [2.45, 2.75) is 37.5 Å². The van der Waals surface area contributed by atoms with Crippen molar-refractivity contribution < 1.29 is 23.9 Å². The van der Waals surface area contributed by atoms with Gasteiger partial charge in [-0.1, -0.05) is 18.2 Å². The molecule has 7 heteroatoms. The third-order valence-corrected chi connectivity index (χ3v) is 6.37. The Morgan fingerprint density at radius 2 is 2.00 bits per heavy atom. The third-order valence-electron chi connectivity index (χ3n) is 4.86. The SMILES string of the molecule is CN1[C@H]2CC[C@@H]1[C@@H](C(=O)O)[C@@H](OP(=O)(O)c1ccccc1)C2. The van der Waals surface area contributed by atoms with E-state index in [1.54, 1.807) is 18.2 Å². The van der Waals surface area contributed by atoms with E-state index in [2.05, 4.69) is 4.90 Å². The van der Waals surface area contributed by atoms with E-state index in [-0.39, 0.29) is 17.4 Å². The van der Waals surface area contributed by atoms with E-state index in [9.17, 15) is 19.4 Å². The summed E-state index contributed by atoms with van der Waals surface area (Å²) in [6, 6.07) is 8.22. The van der Waals surface area contributed by atoms with Gasteiger partial charge in [-0.3, -0.25) is 14.3 Å². The van der Waals surface area contributed by atoms with Gasteiger partial charge in [0.25, 0.3) is 0 Å². The predicted molar refractivity (Wildman–Crippen MR) is 81.1 cm³/mol. The molecule has 3 rings (SSSR count). The molecule has 1 aromatic rings. The Labute approximate surface area is 129 Å². The number of nitrogens with zero attached hydrogens (tertiary/aromatic N) is 1. The van der Waals surface area contributed by atoms with Gasteiger partial charge in [0.1, 0.15) is 0 Å². The van der Waals surface area contributed by atoms with Crippen LogP contribution in [-0.2, 0) is 13.9 Å². The van der Waals surface area contributed by atoms with Gasteiger partial charge in [-0.25, -0.2) is 0 Å². The zero-order chi connectivity index (χ0) is 15.9. The van der Waals surface area contributed by atoms with E-state index < -0.39 is 25.6 Å². The van der Waals surface area contributed by atoms with Crippen LogP contribution in [0.2, 0.25) is 0 Å². The van der Waals surface area contributed by atoms with Crippen LogP contribution in [0.15, 0.2) is 30.3 Å². The van der Waals surface area contributed by atoms with E-state index in [0.717, 1.165) is 12.8 Å². The van der Waals surface area contributed by atoms with E-state index >= 15 is 0 Å². The number of benzene rings is 1. The van der Waals surface area contributed by atoms with Gasteiger partial charge in [0.15, 0.2) is 0 Å². The van der Waals surface area contributed by atoms with Gasteiger partial charge < -0.3 is 14.5 Å². The highest BCUT2D eigenvalue weighted by atomic mass is 31.2. The van der Waals surface area contributed by atoms with Gasteiger partial charge in [-0.2, -0.15) is 0 Å². The summed E-state index contributed by atoms with van der Waals surface area (Å²) in [5.41, 5.74) is 0. The van der Waals surface area contributed by atoms with Crippen molar-refractivity contribution in [1.82, 2.24) is 4.90 Å². The minimum absolute atomic E-state index is 0.128. The molecule has 1 aromatic carbocycles. The Balaban J connectivity index is 1.85. The zero-order valence-corrected chi connectivity index (χ0v) is 13.2. The number of carboxylic acids is 1. The van der Waals surface area contributed by atoms with Crippen molar-refractivity contribution in [2.75, 3.05) is 7.05 Å². The van der Waals surface area contributed by atoms with Crippen LogP contribution in [0.3, 0.4) is 0 Å². The summed E-state index contributed by atoms with van der Waals surface area (Å²) in [6.07, 6.45) is 1.44. The molecule has 120 valence electrons. The number of piperidine rings is 1. The third kappa shape index (κ3) is 2.72. The fourth-order valence-electron chi connectivity index (χ4n) is 3.71. The summed E-state index contributed by atoms with van der Waals surface area (Å²) in [7, 11) is -2.10. The van der Waals surface area contributed by atoms with Gasteiger partial charge in [-0.15, -0.1) is 0 Å². The van der Waals surface area contributed by atoms with Crippen LogP contribution in [0.5, 0.6) is 0 Å². The molecule has 0 amide bonds. The van der Waals surface area contributed by atoms with Crippen molar-refractivity contribution in [3.05, 3.63) is 30.3 Å². The average Bonchev–Trinajstić information content (AvgIpc) is 2.72. The van der Waals surface area contributed by atoms with Gasteiger partial charge in [0.2, 0.25) is 0 Å². The van der Waals surface area contributed by atoms with Crippen molar-refractivity contribution in [1.29, 1.82) is 0 Å². The highest BCUT2D eigenvalue weighted by Crippen LogP contribution is 2.48. The molecule has 2 bridgehead atoms. The second kappa shape index (κ2) is 5.78. The first kappa shape index (κ1) is 15.7. The van der Waals surface area contributed by atoms with Crippen LogP contribution in [0.4, 0.5) is 0 Å². The first-order valence-corrected chi connectivity index (χ1v) is 8.99. The summed E-state index contributed by atoms with van der Waals surface area (Å²) in [5, 5.41) is 9.74. The van der Waals surface area contributed by atoms with Crippen LogP contribution in [-0.4, -0.2) is 46.1 Å². The lowest BCUT2D eigenvalue weighted by Crippen LogP contribution is -2.52. The Kier molecular flexibility index (Phi) is 4.12. The Morgan fingerprint density at radius 3 is 2.64 bits per heavy atom. The lowest BCUT2D eigenvalue weighted by Gasteiger charge is -2.41. The summed E-state index contributed by atoms with van der Waals surface area (Å²) in [5.74, 6) is -1.73. The Hall–Kier alpha value is -1.20. The number of hydrogen-bond acceptors (Lipinski definition) is 4. The monoisotopic (exact) mass is 325 g/mol. The molecule has 0 spiro atoms. The Morgan fingerprint density at radius 1 is 1.32 bits per heavy atom. The van der Waals surface area contributed by atoms with Crippen molar-refractivity contribution in [3.63, 3.8) is 0 Å². The summed E-state index contributed by atoms with van der Waals surface area (Å²) >= 11 is 0. The fraction of sp³-hybridized carbons (Fsp3) is 0.533. The topological polar surface area (TPSA) is 87.1 Å². The number of carbonyl (C=O) groups is 1. The smallest absolute Gasteiger partial charge is 0.359 e. The normalized spacial score (nSPS) is 34.3. The van der Waals surface area contributed by atoms with Crippen LogP contribution in [0.1, 0.15) is 19.3 Å². The maximum atomic E-state index is 12.5. The largest absolute Gasteiger partial charge is 0.481 e. The van der Waals surface area contributed by atoms with Crippen LogP contribution >= 0.6 is 7.60 Å². The standard InChI is InChI=1S/C15H20NO5P/c1-16-10-7-8-12(16)14(15(17)18)13(9-10)21-22(19,20)11-5-3-2-4-6-11/h2-6,10,12-14H,7-9H2,1H3,(H,17,18)(H,19,20)/t10-,12+,13-,14+/m0/s1. The van der Waals surface area contributed by atoms with Crippen LogP contribution in [0, 0.1) is 5.92 Å². The number of aliphatic carboxylic acids is 1. The molecule has 2 aliphatic rings. The quantitative estimate of drug-likeness (QED) is 0.815. The minimum atomic E-state index is -4.02. The molecule has 0 aromatic heterocycles. The minimum Gasteiger partial charge on any atom is -0.481 e. The molecule has 0 aliphatic carbocycles. The van der Waals surface area contributed by atoms with Crippen molar-refractivity contribution in [2.24, 2.45) is 5.92 Å². The highest BCUT2D eigenvalue weighted by molar-refractivity contribution is 7.61. The summed E-state index contributed by atoms with van der Waals surface area (Å²) < 4.78 is 18.0. The van der Waals surface area contributed by atoms with Gasteiger partial charge in [0, 0.05) is 12.1 Å². The van der Waals surface area contributed by atoms with Gasteiger partial charge in [0.05, 0.1) is 17.3 Å². The van der Waals surface area contributed by atoms with Crippen molar-refractivity contribution in [3.8, 4) is 0 Å². The Bertz CT molecular complexity index is 607. The molecule has 2 N–H and O–H groups in total. The maximum absolute atomic E-state index is 12.5. The molecule has 0 radical (unpaired) electrons. The van der Waals surface area contributed by atoms with E-state index in [4.69, 9.17) is 4.52 Å². The maximum Gasteiger partial charge on any atom is 0.359 e. The predicted octanol–water partition coefficient (Wildman–Crippen LogP) is 1.45. The summed E-state index contributed by atoms with van der Waals surface area (Å²) in [4.78, 5) is 23.9. The van der Waals surface area contributed by atoms with E-state index in [1.807, 2.05) is 7.05 Å². The number of rotatable bonds is 4. The lowest BCUT2D eigenvalue weighted by molar-refractivity contribution is -0.150. The number of carboxylic acid groups (broad SMARTS) is 1. The molecule has 2 aliphatic heterocycles. The molecule has 0 saturated carbocycles. The molecule has 22 heavy (non-hydrogen) atoms. The van der Waals surface area contributed by atoms with E-state index in [0.29, 0.717) is 6.42 Å². The van der Waals surface area contributed by atoms with Gasteiger partial charge in [-0.05, 0) is 38.4 Å². The highest BCUT2D eigenvalue weighted by Gasteiger charge is 2.51. The second-order valence-corrected chi connectivity index (χ2v) is 7.83. The fourth-order valence-corrected chi connectivity index (χ4v) is 4.97. The molecule has 2 fully saturated rings. The second-order valence-electron chi connectivity index (χ2n) is 6.06. The number of hydrogen-bond donors (Lipinski definition) is 2. The van der Waals surface area contributed by atoms with Crippen LogP contribution < -0.4 is 5.30 Å². The number of fused-ring (bicyclic) bond motifs is 2. The molecule has 6 nitrogen and oxygen atoms in total. The lowest BCUT2D eigenvalue weighted by atomic mass is 9.88. The molecule has 1 unspecified atom stereocenters. The summed E-state index contributed by atoms with van der Waals surface area (Å²) in [6.45, 7) is 0. The molecule has 5 atom stereocenters. The van der Waals surface area contributed by atoms with Gasteiger partial charge >= 0.3 is 13.6 Å². The molecular formula is C15H20NO5P. The molecule has 2 heterocycles. The zero-order valence-electron chi connectivity index (χ0n) is 12.3. The first-order chi connectivity index (χ1) is 10.4. The first-order valence-electron chi connectivity index (χ1n) is 7.41.